The molecule has 0 bridgehead atoms. The molecule has 208 valence electrons. The Morgan fingerprint density at radius 1 is 1.24 bits per heavy atom. The number of carbonyl (C=O) groups is 3. The molecular formula is C28H39FN4O5. The summed E-state index contributed by atoms with van der Waals surface area (Å²) >= 11 is 0. The van der Waals surface area contributed by atoms with Gasteiger partial charge in [0.2, 0.25) is 12.4 Å². The van der Waals surface area contributed by atoms with Crippen LogP contribution in [0.5, 0.6) is 0 Å². The van der Waals surface area contributed by atoms with E-state index in [4.69, 9.17) is 4.74 Å². The number of guanidine groups is 1. The number of amides is 3. The van der Waals surface area contributed by atoms with Crippen LogP contribution in [0.2, 0.25) is 0 Å². The quantitative estimate of drug-likeness (QED) is 0.102. The highest BCUT2D eigenvalue weighted by Gasteiger charge is 2.19. The average Bonchev–Trinajstić information content (AvgIpc) is 3.06. The molecule has 1 N–H and O–H groups in total. The first-order valence-corrected chi connectivity index (χ1v) is 12.3. The van der Waals surface area contributed by atoms with E-state index < -0.39 is 17.8 Å². The second kappa shape index (κ2) is 16.7. The lowest BCUT2D eigenvalue weighted by Gasteiger charge is -2.24. The van der Waals surface area contributed by atoms with Gasteiger partial charge in [0, 0.05) is 13.6 Å². The number of methoxy groups -OCH3 is 1. The van der Waals surface area contributed by atoms with Crippen molar-refractivity contribution in [2.45, 2.75) is 53.6 Å². The van der Waals surface area contributed by atoms with Crippen LogP contribution in [0.3, 0.4) is 0 Å². The van der Waals surface area contributed by atoms with Crippen LogP contribution in [0.4, 0.5) is 9.18 Å². The van der Waals surface area contributed by atoms with Gasteiger partial charge in [0.05, 0.1) is 43.5 Å². The van der Waals surface area contributed by atoms with Crippen molar-refractivity contribution >= 4 is 24.4 Å². The van der Waals surface area contributed by atoms with E-state index in [0.29, 0.717) is 18.6 Å². The Bertz CT molecular complexity index is 1060. The molecule has 10 heteroatoms. The monoisotopic (exact) mass is 530 g/mol. The molecule has 1 aliphatic carbocycles. The number of nitrogens with zero attached hydrogens (tertiary/aromatic N) is 3. The van der Waals surface area contributed by atoms with Crippen molar-refractivity contribution in [1.29, 1.82) is 0 Å². The summed E-state index contributed by atoms with van der Waals surface area (Å²) in [6.45, 7) is 8.96. The summed E-state index contributed by atoms with van der Waals surface area (Å²) in [6, 6.07) is -0.611. The summed E-state index contributed by atoms with van der Waals surface area (Å²) in [5, 5.41) is 2.62. The molecule has 0 fully saturated rings. The minimum absolute atomic E-state index is 0.00986. The molecule has 0 unspecified atom stereocenters. The number of urea groups is 1. The van der Waals surface area contributed by atoms with Gasteiger partial charge in [-0.25, -0.2) is 14.2 Å². The number of nitrogens with one attached hydrogen (secondary N) is 1. The van der Waals surface area contributed by atoms with Crippen LogP contribution < -0.4 is 5.32 Å². The van der Waals surface area contributed by atoms with E-state index >= 15 is 0 Å². The standard InChI is InChI=1S/C28H39FN4O5/c1-20(2)38-23(5)12-14-25(17-22(4)29)30-27(31-28(36)32(6)16-15-26(35)37-7)33(19-34)18-24-10-8-9-21(3)11-13-24/h8-9,11-14,17,19-20H,10,15-16,18H2,1-7H3,(H,30,31,36)/b22-17+,23-12+,25-14+. The van der Waals surface area contributed by atoms with E-state index in [1.165, 1.54) is 43.0 Å². The first kappa shape index (κ1) is 32.1. The fourth-order valence-corrected chi connectivity index (χ4v) is 3.14. The van der Waals surface area contributed by atoms with Gasteiger partial charge >= 0.3 is 12.0 Å². The minimum atomic E-state index is -0.611. The third-order valence-corrected chi connectivity index (χ3v) is 5.05. The first-order valence-electron chi connectivity index (χ1n) is 12.3. The van der Waals surface area contributed by atoms with Crippen LogP contribution in [0.15, 0.2) is 76.0 Å². The largest absolute Gasteiger partial charge is 0.496 e. The summed E-state index contributed by atoms with van der Waals surface area (Å²) in [5.74, 6) is -0.518. The van der Waals surface area contributed by atoms with Gasteiger partial charge in [0.25, 0.3) is 0 Å². The zero-order valence-electron chi connectivity index (χ0n) is 23.3. The first-order chi connectivity index (χ1) is 17.9. The van der Waals surface area contributed by atoms with E-state index in [9.17, 15) is 18.8 Å². The van der Waals surface area contributed by atoms with Crippen LogP contribution in [0.1, 0.15) is 47.5 Å². The van der Waals surface area contributed by atoms with Crippen LogP contribution in [0.25, 0.3) is 0 Å². The molecule has 0 aromatic carbocycles. The highest BCUT2D eigenvalue weighted by molar-refractivity contribution is 6.00. The Kier molecular flexibility index (Phi) is 14.1. The number of ether oxygens (including phenoxy) is 2. The lowest BCUT2D eigenvalue weighted by molar-refractivity contribution is -0.140. The summed E-state index contributed by atoms with van der Waals surface area (Å²) in [5.41, 5.74) is 2.10. The third kappa shape index (κ3) is 12.8. The lowest BCUT2D eigenvalue weighted by Crippen LogP contribution is -2.49. The number of allylic oxidation sites excluding steroid dienone is 10. The van der Waals surface area contributed by atoms with Gasteiger partial charge < -0.3 is 14.4 Å². The molecule has 38 heavy (non-hydrogen) atoms. The lowest BCUT2D eigenvalue weighted by atomic mass is 10.1. The fourth-order valence-electron chi connectivity index (χ4n) is 3.14. The van der Waals surface area contributed by atoms with Gasteiger partial charge in [-0.1, -0.05) is 29.9 Å². The molecule has 1 aliphatic rings. The summed E-state index contributed by atoms with van der Waals surface area (Å²) in [6.07, 6.45) is 13.2. The molecule has 0 saturated heterocycles. The van der Waals surface area contributed by atoms with Crippen molar-refractivity contribution < 1.29 is 28.2 Å². The van der Waals surface area contributed by atoms with Gasteiger partial charge in [0.15, 0.2) is 0 Å². The van der Waals surface area contributed by atoms with E-state index in [1.807, 2.05) is 45.1 Å². The molecule has 0 atom stereocenters. The zero-order chi connectivity index (χ0) is 28.7. The van der Waals surface area contributed by atoms with E-state index in [0.717, 1.165) is 11.1 Å². The fraction of sp³-hybridized carbons (Fsp3) is 0.429. The molecule has 0 heterocycles. The number of aliphatic imine (C=N–C) groups is 1. The number of rotatable bonds is 11. The second-order valence-electron chi connectivity index (χ2n) is 8.96. The summed E-state index contributed by atoms with van der Waals surface area (Å²) < 4.78 is 24.2. The van der Waals surface area contributed by atoms with Gasteiger partial charge in [0.1, 0.15) is 0 Å². The number of hydrogen-bond donors (Lipinski definition) is 1. The van der Waals surface area contributed by atoms with Crippen LogP contribution in [-0.4, -0.2) is 67.5 Å². The maximum Gasteiger partial charge on any atom is 0.323 e. The number of esters is 1. The Balaban J connectivity index is 3.43. The van der Waals surface area contributed by atoms with Crippen LogP contribution >= 0.6 is 0 Å². The summed E-state index contributed by atoms with van der Waals surface area (Å²) in [7, 11) is 2.75. The minimum Gasteiger partial charge on any atom is -0.496 e. The van der Waals surface area contributed by atoms with E-state index in [1.54, 1.807) is 13.0 Å². The molecule has 0 aromatic rings. The normalized spacial score (nSPS) is 14.9. The van der Waals surface area contributed by atoms with Crippen molar-refractivity contribution in [2.24, 2.45) is 4.99 Å². The Morgan fingerprint density at radius 2 is 1.95 bits per heavy atom. The second-order valence-corrected chi connectivity index (χ2v) is 8.96. The third-order valence-electron chi connectivity index (χ3n) is 5.05. The number of hydrogen-bond acceptors (Lipinski definition) is 6. The molecule has 0 aromatic heterocycles. The van der Waals surface area contributed by atoms with Crippen molar-refractivity contribution in [2.75, 3.05) is 27.2 Å². The van der Waals surface area contributed by atoms with Crippen molar-refractivity contribution in [3.05, 3.63) is 71.0 Å². The van der Waals surface area contributed by atoms with Gasteiger partial charge in [-0.3, -0.25) is 19.8 Å². The van der Waals surface area contributed by atoms with Crippen molar-refractivity contribution in [3.63, 3.8) is 0 Å². The highest BCUT2D eigenvalue weighted by atomic mass is 19.1. The maximum atomic E-state index is 13.9. The SMILES string of the molecule is COC(=O)CCN(C)C(=O)NC(=NC(/C=C(\C)F)=C/C=C(\C)OC(C)C)N(C=O)CC1=CC=C(C)C=CC1. The Hall–Kier alpha value is -3.95. The van der Waals surface area contributed by atoms with Crippen LogP contribution in [-0.2, 0) is 19.1 Å². The number of halogens is 1. The van der Waals surface area contributed by atoms with E-state index in [2.05, 4.69) is 15.0 Å². The molecule has 3 amide bonds. The highest BCUT2D eigenvalue weighted by Crippen LogP contribution is 2.14. The molecule has 1 rings (SSSR count). The smallest absolute Gasteiger partial charge is 0.323 e. The van der Waals surface area contributed by atoms with Crippen LogP contribution in [0, 0.1) is 0 Å². The maximum absolute atomic E-state index is 13.9. The predicted molar refractivity (Wildman–Crippen MR) is 147 cm³/mol. The van der Waals surface area contributed by atoms with E-state index in [-0.39, 0.29) is 37.3 Å². The van der Waals surface area contributed by atoms with Gasteiger partial charge in [-0.2, -0.15) is 0 Å². The number of carbonyl (C=O) groups excluding carboxylic acids is 3. The van der Waals surface area contributed by atoms with Gasteiger partial charge in [-0.05, 0) is 64.8 Å². The predicted octanol–water partition coefficient (Wildman–Crippen LogP) is 4.92. The summed E-state index contributed by atoms with van der Waals surface area (Å²) in [4.78, 5) is 43.5. The Morgan fingerprint density at radius 3 is 2.55 bits per heavy atom. The molecule has 0 radical (unpaired) electrons. The zero-order valence-corrected chi connectivity index (χ0v) is 23.3. The van der Waals surface area contributed by atoms with Gasteiger partial charge in [-0.15, -0.1) is 0 Å². The molecule has 0 aliphatic heterocycles. The Labute approximate surface area is 224 Å². The van der Waals surface area contributed by atoms with Crippen molar-refractivity contribution in [3.8, 4) is 0 Å². The molecule has 0 saturated carbocycles. The molecule has 9 nitrogen and oxygen atoms in total. The molecule has 0 spiro atoms. The average molecular weight is 531 g/mol. The van der Waals surface area contributed by atoms with Crippen molar-refractivity contribution in [1.82, 2.24) is 15.1 Å². The molecular weight excluding hydrogens is 491 g/mol. The topological polar surface area (TPSA) is 101 Å².